The Morgan fingerprint density at radius 2 is 1.95 bits per heavy atom. The number of hydrogen-bond acceptors (Lipinski definition) is 10. The molecular formula is C29H30FN9O4. The Labute approximate surface area is 246 Å². The molecule has 1 saturated heterocycles. The number of carbonyl (C=O) groups excluding carboxylic acids is 2. The van der Waals surface area contributed by atoms with Crippen LogP contribution in [0.1, 0.15) is 5.56 Å². The molecule has 2 aromatic heterocycles. The van der Waals surface area contributed by atoms with E-state index in [-0.39, 0.29) is 24.3 Å². The van der Waals surface area contributed by atoms with Crippen LogP contribution in [0.2, 0.25) is 0 Å². The number of aryl methyl sites for hydroxylation is 1. The fourth-order valence-electron chi connectivity index (χ4n) is 4.17. The van der Waals surface area contributed by atoms with Crippen LogP contribution in [0.15, 0.2) is 79.1 Å². The van der Waals surface area contributed by atoms with Gasteiger partial charge in [0.05, 0.1) is 25.1 Å². The van der Waals surface area contributed by atoms with Gasteiger partial charge < -0.3 is 20.1 Å². The molecule has 4 aromatic rings. The van der Waals surface area contributed by atoms with Gasteiger partial charge in [0.1, 0.15) is 18.2 Å². The van der Waals surface area contributed by atoms with Gasteiger partial charge in [0.25, 0.3) is 0 Å². The second kappa shape index (κ2) is 14.1. The van der Waals surface area contributed by atoms with Crippen molar-refractivity contribution in [3.63, 3.8) is 0 Å². The maximum Gasteiger partial charge on any atom is 0.420 e. The Kier molecular flexibility index (Phi) is 9.61. The van der Waals surface area contributed by atoms with Crippen LogP contribution in [0.25, 0.3) is 0 Å². The fourth-order valence-corrected chi connectivity index (χ4v) is 4.17. The first-order valence-electron chi connectivity index (χ1n) is 13.5. The van der Waals surface area contributed by atoms with Crippen molar-refractivity contribution in [2.75, 3.05) is 48.4 Å². The van der Waals surface area contributed by atoms with E-state index >= 15 is 0 Å². The van der Waals surface area contributed by atoms with Gasteiger partial charge in [0.15, 0.2) is 5.82 Å². The lowest BCUT2D eigenvalue weighted by Crippen LogP contribution is -2.36. The van der Waals surface area contributed by atoms with Gasteiger partial charge in [-0.3, -0.25) is 9.69 Å². The third-order valence-electron chi connectivity index (χ3n) is 6.28. The van der Waals surface area contributed by atoms with Crippen molar-refractivity contribution in [1.29, 1.82) is 0 Å². The van der Waals surface area contributed by atoms with Gasteiger partial charge in [-0.2, -0.15) is 14.9 Å². The first-order valence-corrected chi connectivity index (χ1v) is 13.5. The van der Waals surface area contributed by atoms with Crippen LogP contribution in [-0.2, 0) is 27.9 Å². The van der Waals surface area contributed by atoms with Crippen molar-refractivity contribution in [3.8, 4) is 0 Å². The summed E-state index contributed by atoms with van der Waals surface area (Å²) in [5.74, 6) is 0.0732. The standard InChI is InChI=1S/C29H30FN9O4/c1-37-32-19-25(36-37)34-28-31-12-11-26(35-28)39(29(41)43-20-21-7-9-22(30)10-8-21)24-5-2-4-23(18-24)33-27(40)6-3-13-38-14-16-42-17-15-38/h2-12,18-19H,13-17,20H2,1H3,(H,33,40)(H,31,34,35,36)/b6-3+. The molecule has 1 fully saturated rings. The first-order chi connectivity index (χ1) is 20.9. The summed E-state index contributed by atoms with van der Waals surface area (Å²) >= 11 is 0. The van der Waals surface area contributed by atoms with Gasteiger partial charge in [-0.05, 0) is 35.9 Å². The molecule has 0 atom stereocenters. The summed E-state index contributed by atoms with van der Waals surface area (Å²) < 4.78 is 24.3. The lowest BCUT2D eigenvalue weighted by Gasteiger charge is -2.25. The Hall–Kier alpha value is -5.21. The van der Waals surface area contributed by atoms with E-state index < -0.39 is 11.9 Å². The molecule has 13 nitrogen and oxygen atoms in total. The predicted octanol–water partition coefficient (Wildman–Crippen LogP) is 3.79. The van der Waals surface area contributed by atoms with Crippen molar-refractivity contribution >= 4 is 41.0 Å². The number of nitrogens with one attached hydrogen (secondary N) is 2. The highest BCUT2D eigenvalue weighted by Crippen LogP contribution is 2.28. The number of anilines is 5. The van der Waals surface area contributed by atoms with Gasteiger partial charge in [0.2, 0.25) is 11.9 Å². The van der Waals surface area contributed by atoms with Crippen molar-refractivity contribution < 1.29 is 23.5 Å². The molecular weight excluding hydrogens is 557 g/mol. The maximum atomic E-state index is 13.5. The molecule has 2 amide bonds. The van der Waals surface area contributed by atoms with E-state index in [4.69, 9.17) is 9.47 Å². The molecule has 0 unspecified atom stereocenters. The van der Waals surface area contributed by atoms with E-state index in [9.17, 15) is 14.0 Å². The van der Waals surface area contributed by atoms with E-state index in [1.807, 2.05) is 0 Å². The number of amides is 2. The summed E-state index contributed by atoms with van der Waals surface area (Å²) in [6.45, 7) is 3.54. The number of carbonyl (C=O) groups is 2. The van der Waals surface area contributed by atoms with Crippen LogP contribution in [-0.4, -0.2) is 74.7 Å². The Balaban J connectivity index is 1.35. The molecule has 0 saturated carbocycles. The molecule has 0 spiro atoms. The van der Waals surface area contributed by atoms with Crippen molar-refractivity contribution in [2.24, 2.45) is 7.05 Å². The van der Waals surface area contributed by atoms with E-state index in [1.54, 1.807) is 43.5 Å². The average molecular weight is 588 g/mol. The smallest absolute Gasteiger partial charge is 0.420 e. The molecule has 2 N–H and O–H groups in total. The Morgan fingerprint density at radius 1 is 1.14 bits per heavy atom. The zero-order valence-corrected chi connectivity index (χ0v) is 23.4. The van der Waals surface area contributed by atoms with Crippen LogP contribution in [0.4, 0.5) is 38.1 Å². The summed E-state index contributed by atoms with van der Waals surface area (Å²) in [7, 11) is 1.67. The number of aromatic nitrogens is 5. The average Bonchev–Trinajstić information content (AvgIpc) is 3.42. The summed E-state index contributed by atoms with van der Waals surface area (Å²) in [6.07, 6.45) is 5.52. The highest BCUT2D eigenvalue weighted by molar-refractivity contribution is 6.01. The van der Waals surface area contributed by atoms with Gasteiger partial charge in [-0.1, -0.05) is 24.3 Å². The Bertz CT molecular complexity index is 1570. The van der Waals surface area contributed by atoms with Crippen LogP contribution in [0.5, 0.6) is 0 Å². The molecule has 0 radical (unpaired) electrons. The number of benzene rings is 2. The highest BCUT2D eigenvalue weighted by Gasteiger charge is 2.23. The minimum absolute atomic E-state index is 0.101. The fraction of sp³-hybridized carbons (Fsp3) is 0.241. The second-order valence-corrected chi connectivity index (χ2v) is 9.45. The van der Waals surface area contributed by atoms with Crippen LogP contribution < -0.4 is 15.5 Å². The van der Waals surface area contributed by atoms with E-state index in [0.29, 0.717) is 42.5 Å². The number of nitrogens with zero attached hydrogens (tertiary/aromatic N) is 7. The monoisotopic (exact) mass is 587 g/mol. The maximum absolute atomic E-state index is 13.5. The van der Waals surface area contributed by atoms with Crippen molar-refractivity contribution in [3.05, 3.63) is 90.5 Å². The zero-order valence-electron chi connectivity index (χ0n) is 23.4. The second-order valence-electron chi connectivity index (χ2n) is 9.45. The van der Waals surface area contributed by atoms with E-state index in [2.05, 4.69) is 35.7 Å². The third kappa shape index (κ3) is 8.40. The normalized spacial score (nSPS) is 13.5. The van der Waals surface area contributed by atoms with Gasteiger partial charge in [-0.25, -0.2) is 19.1 Å². The first kappa shape index (κ1) is 29.3. The molecule has 5 rings (SSSR count). The predicted molar refractivity (Wildman–Crippen MR) is 157 cm³/mol. The largest absolute Gasteiger partial charge is 0.444 e. The minimum Gasteiger partial charge on any atom is -0.444 e. The van der Waals surface area contributed by atoms with Crippen molar-refractivity contribution in [1.82, 2.24) is 29.9 Å². The molecule has 14 heteroatoms. The van der Waals surface area contributed by atoms with Crippen molar-refractivity contribution in [2.45, 2.75) is 6.61 Å². The molecule has 3 heterocycles. The van der Waals surface area contributed by atoms with E-state index in [1.165, 1.54) is 52.4 Å². The third-order valence-corrected chi connectivity index (χ3v) is 6.28. The van der Waals surface area contributed by atoms with E-state index in [0.717, 1.165) is 13.1 Å². The number of halogens is 1. The van der Waals surface area contributed by atoms with Gasteiger partial charge in [-0.15, -0.1) is 5.10 Å². The van der Waals surface area contributed by atoms with Crippen LogP contribution >= 0.6 is 0 Å². The highest BCUT2D eigenvalue weighted by atomic mass is 19.1. The van der Waals surface area contributed by atoms with Gasteiger partial charge >= 0.3 is 6.09 Å². The van der Waals surface area contributed by atoms with Gasteiger partial charge in [0, 0.05) is 50.7 Å². The van der Waals surface area contributed by atoms with Crippen LogP contribution in [0.3, 0.4) is 0 Å². The molecule has 2 aromatic carbocycles. The SMILES string of the molecule is Cn1ncc(Nc2nccc(N(C(=O)OCc3ccc(F)cc3)c3cccc(NC(=O)/C=C/CN4CCOCC4)c3)n2)n1. The number of ether oxygens (including phenoxy) is 2. The lowest BCUT2D eigenvalue weighted by molar-refractivity contribution is -0.111. The molecule has 0 bridgehead atoms. The van der Waals surface area contributed by atoms with Crippen LogP contribution in [0, 0.1) is 5.82 Å². The molecule has 0 aliphatic carbocycles. The number of morpholine rings is 1. The zero-order chi connectivity index (χ0) is 30.0. The molecule has 1 aliphatic rings. The topological polar surface area (TPSA) is 140 Å². The molecule has 222 valence electrons. The minimum atomic E-state index is -0.748. The quantitative estimate of drug-likeness (QED) is 0.264. The summed E-state index contributed by atoms with van der Waals surface area (Å²) in [6, 6.07) is 13.9. The summed E-state index contributed by atoms with van der Waals surface area (Å²) in [5.41, 5.74) is 1.44. The number of rotatable bonds is 10. The lowest BCUT2D eigenvalue weighted by atomic mass is 10.2. The summed E-state index contributed by atoms with van der Waals surface area (Å²) in [4.78, 5) is 39.6. The summed E-state index contributed by atoms with van der Waals surface area (Å²) in [5, 5.41) is 13.9. The Morgan fingerprint density at radius 3 is 2.72 bits per heavy atom. The molecule has 43 heavy (non-hydrogen) atoms. The number of hydrogen-bond donors (Lipinski definition) is 2. The molecule has 1 aliphatic heterocycles.